The smallest absolute Gasteiger partial charge is 0.319 e. The van der Waals surface area contributed by atoms with E-state index in [1.54, 1.807) is 12.1 Å². The van der Waals surface area contributed by atoms with Crippen molar-refractivity contribution in [1.29, 1.82) is 0 Å². The van der Waals surface area contributed by atoms with Crippen LogP contribution in [0.4, 0.5) is 10.5 Å². The zero-order valence-corrected chi connectivity index (χ0v) is 16.1. The number of carbonyl (C=O) groups is 2. The Morgan fingerprint density at radius 1 is 1.15 bits per heavy atom. The average Bonchev–Trinajstić information content (AvgIpc) is 2.62. The van der Waals surface area contributed by atoms with Crippen LogP contribution in [0.2, 0.25) is 0 Å². The molecule has 150 valence electrons. The number of nitrogens with one attached hydrogen (secondary N) is 2. The number of hydrogen-bond donors (Lipinski definition) is 3. The number of aliphatic carboxylic acids is 1. The molecule has 9 heteroatoms. The molecule has 27 heavy (non-hydrogen) atoms. The molecule has 1 aliphatic rings. The van der Waals surface area contributed by atoms with Gasteiger partial charge >= 0.3 is 12.0 Å². The first-order chi connectivity index (χ1) is 12.8. The second kappa shape index (κ2) is 9.70. The zero-order chi connectivity index (χ0) is 19.9. The van der Waals surface area contributed by atoms with Gasteiger partial charge in [0.1, 0.15) is 0 Å². The first-order valence-electron chi connectivity index (χ1n) is 8.94. The highest BCUT2D eigenvalue weighted by Crippen LogP contribution is 2.24. The topological polar surface area (TPSA) is 122 Å². The van der Waals surface area contributed by atoms with Gasteiger partial charge in [-0.05, 0) is 56.4 Å². The summed E-state index contributed by atoms with van der Waals surface area (Å²) in [5, 5.41) is 14.5. The molecule has 3 N–H and O–H groups in total. The standard InChI is InChI=1S/C18H26N2O6S/c1-26-11-2-12-27(24,25)16-9-7-15(8-10-16)20-18(23)19-14-5-3-13(4-6-14)17(21)22/h7-10,13-14H,2-6,11-12H2,1H3,(H,21,22)(H2,19,20,23). The Kier molecular flexibility index (Phi) is 7.61. The van der Waals surface area contributed by atoms with Crippen LogP contribution < -0.4 is 10.6 Å². The quantitative estimate of drug-likeness (QED) is 0.578. The van der Waals surface area contributed by atoms with E-state index in [2.05, 4.69) is 10.6 Å². The minimum Gasteiger partial charge on any atom is -0.481 e. The van der Waals surface area contributed by atoms with E-state index in [9.17, 15) is 18.0 Å². The van der Waals surface area contributed by atoms with Gasteiger partial charge in [-0.25, -0.2) is 13.2 Å². The summed E-state index contributed by atoms with van der Waals surface area (Å²) in [6, 6.07) is 5.59. The Labute approximate surface area is 159 Å². The van der Waals surface area contributed by atoms with E-state index in [-0.39, 0.29) is 28.6 Å². The van der Waals surface area contributed by atoms with Gasteiger partial charge in [-0.2, -0.15) is 0 Å². The van der Waals surface area contributed by atoms with Crippen molar-refractivity contribution in [2.24, 2.45) is 5.92 Å². The number of sulfone groups is 1. The van der Waals surface area contributed by atoms with Crippen molar-refractivity contribution in [3.05, 3.63) is 24.3 Å². The fraction of sp³-hybridized carbons (Fsp3) is 0.556. The minimum absolute atomic E-state index is 0.00706. The number of urea groups is 1. The molecule has 0 heterocycles. The molecule has 1 aliphatic carbocycles. The number of methoxy groups -OCH3 is 1. The third-order valence-electron chi connectivity index (χ3n) is 4.64. The molecule has 0 atom stereocenters. The monoisotopic (exact) mass is 398 g/mol. The first-order valence-corrected chi connectivity index (χ1v) is 10.6. The second-order valence-electron chi connectivity index (χ2n) is 6.67. The van der Waals surface area contributed by atoms with Crippen molar-refractivity contribution in [2.75, 3.05) is 24.8 Å². The highest BCUT2D eigenvalue weighted by molar-refractivity contribution is 7.91. The van der Waals surface area contributed by atoms with Crippen molar-refractivity contribution in [2.45, 2.75) is 43.0 Å². The van der Waals surface area contributed by atoms with Crippen LogP contribution in [-0.4, -0.2) is 51.0 Å². The lowest BCUT2D eigenvalue weighted by atomic mass is 9.86. The van der Waals surface area contributed by atoms with Gasteiger partial charge in [-0.15, -0.1) is 0 Å². The molecule has 2 rings (SSSR count). The van der Waals surface area contributed by atoms with E-state index in [1.807, 2.05) is 0 Å². The van der Waals surface area contributed by atoms with Gasteiger partial charge in [-0.1, -0.05) is 0 Å². The average molecular weight is 398 g/mol. The number of carbonyl (C=O) groups excluding carboxylic acids is 1. The summed E-state index contributed by atoms with van der Waals surface area (Å²) < 4.78 is 29.2. The fourth-order valence-electron chi connectivity index (χ4n) is 3.09. The first kappa shape index (κ1) is 21.2. The molecule has 0 aliphatic heterocycles. The molecule has 2 amide bonds. The van der Waals surface area contributed by atoms with Gasteiger partial charge < -0.3 is 20.5 Å². The van der Waals surface area contributed by atoms with Crippen LogP contribution >= 0.6 is 0 Å². The Hall–Kier alpha value is -2.13. The van der Waals surface area contributed by atoms with Crippen LogP contribution in [0.25, 0.3) is 0 Å². The normalized spacial score (nSPS) is 20.0. The minimum atomic E-state index is -3.37. The van der Waals surface area contributed by atoms with E-state index < -0.39 is 15.8 Å². The van der Waals surface area contributed by atoms with Crippen molar-refractivity contribution in [1.82, 2.24) is 5.32 Å². The lowest BCUT2D eigenvalue weighted by Gasteiger charge is -2.26. The number of hydrogen-bond acceptors (Lipinski definition) is 5. The molecule has 0 unspecified atom stereocenters. The van der Waals surface area contributed by atoms with Crippen LogP contribution in [0.5, 0.6) is 0 Å². The molecule has 0 aromatic heterocycles. The third-order valence-corrected chi connectivity index (χ3v) is 6.46. The van der Waals surface area contributed by atoms with Gasteiger partial charge in [-0.3, -0.25) is 4.79 Å². The lowest BCUT2D eigenvalue weighted by Crippen LogP contribution is -2.40. The van der Waals surface area contributed by atoms with E-state index in [4.69, 9.17) is 9.84 Å². The summed E-state index contributed by atoms with van der Waals surface area (Å²) in [5.74, 6) is -1.10. The maximum Gasteiger partial charge on any atom is 0.319 e. The Bertz CT molecular complexity index is 740. The van der Waals surface area contributed by atoms with Gasteiger partial charge in [0.15, 0.2) is 9.84 Å². The number of amides is 2. The van der Waals surface area contributed by atoms with Crippen LogP contribution in [0, 0.1) is 5.92 Å². The van der Waals surface area contributed by atoms with Gasteiger partial charge in [0.25, 0.3) is 0 Å². The zero-order valence-electron chi connectivity index (χ0n) is 15.3. The number of anilines is 1. The number of benzene rings is 1. The van der Waals surface area contributed by atoms with Crippen molar-refractivity contribution < 1.29 is 27.9 Å². The summed E-state index contributed by atoms with van der Waals surface area (Å²) in [6.07, 6.45) is 2.78. The van der Waals surface area contributed by atoms with Crippen LogP contribution in [0.15, 0.2) is 29.2 Å². The fourth-order valence-corrected chi connectivity index (χ4v) is 4.38. The SMILES string of the molecule is COCCCS(=O)(=O)c1ccc(NC(=O)NC2CCC(C(=O)O)CC2)cc1. The summed E-state index contributed by atoms with van der Waals surface area (Å²) in [6.45, 7) is 0.382. The molecule has 0 spiro atoms. The molecule has 0 bridgehead atoms. The van der Waals surface area contributed by atoms with Gasteiger partial charge in [0, 0.05) is 25.4 Å². The van der Waals surface area contributed by atoms with Crippen molar-refractivity contribution >= 4 is 27.5 Å². The van der Waals surface area contributed by atoms with Crippen LogP contribution in [-0.2, 0) is 19.4 Å². The van der Waals surface area contributed by atoms with Crippen molar-refractivity contribution in [3.8, 4) is 0 Å². The summed E-state index contributed by atoms with van der Waals surface area (Å²) in [4.78, 5) is 23.2. The Balaban J connectivity index is 1.84. The third kappa shape index (κ3) is 6.51. The summed E-state index contributed by atoms with van der Waals surface area (Å²) in [7, 11) is -1.85. The molecule has 1 aromatic rings. The Morgan fingerprint density at radius 3 is 2.33 bits per heavy atom. The van der Waals surface area contributed by atoms with Gasteiger partial charge in [0.05, 0.1) is 16.6 Å². The molecule has 8 nitrogen and oxygen atoms in total. The number of carboxylic acid groups (broad SMARTS) is 1. The number of carboxylic acids is 1. The molecular weight excluding hydrogens is 372 g/mol. The Morgan fingerprint density at radius 2 is 1.78 bits per heavy atom. The maximum atomic E-state index is 12.2. The molecule has 1 aromatic carbocycles. The van der Waals surface area contributed by atoms with Gasteiger partial charge in [0.2, 0.25) is 0 Å². The van der Waals surface area contributed by atoms with E-state index >= 15 is 0 Å². The largest absolute Gasteiger partial charge is 0.481 e. The predicted octanol–water partition coefficient (Wildman–Crippen LogP) is 2.26. The van der Waals surface area contributed by atoms with Crippen LogP contribution in [0.3, 0.4) is 0 Å². The molecule has 0 radical (unpaired) electrons. The van der Waals surface area contributed by atoms with E-state index in [0.29, 0.717) is 44.4 Å². The number of ether oxygens (including phenoxy) is 1. The molecule has 0 saturated heterocycles. The van der Waals surface area contributed by atoms with E-state index in [1.165, 1.54) is 19.2 Å². The second-order valence-corrected chi connectivity index (χ2v) is 8.78. The number of rotatable bonds is 8. The highest BCUT2D eigenvalue weighted by atomic mass is 32.2. The summed E-state index contributed by atoms with van der Waals surface area (Å²) in [5.41, 5.74) is 0.488. The maximum absolute atomic E-state index is 12.2. The van der Waals surface area contributed by atoms with E-state index in [0.717, 1.165) is 0 Å². The highest BCUT2D eigenvalue weighted by Gasteiger charge is 2.26. The lowest BCUT2D eigenvalue weighted by molar-refractivity contribution is -0.142. The molecule has 1 saturated carbocycles. The van der Waals surface area contributed by atoms with Crippen molar-refractivity contribution in [3.63, 3.8) is 0 Å². The molecule has 1 fully saturated rings. The molecular formula is C18H26N2O6S. The van der Waals surface area contributed by atoms with Crippen LogP contribution in [0.1, 0.15) is 32.1 Å². The predicted molar refractivity (Wildman–Crippen MR) is 101 cm³/mol. The summed E-state index contributed by atoms with van der Waals surface area (Å²) >= 11 is 0.